The van der Waals surface area contributed by atoms with Crippen LogP contribution in [0, 0.1) is 12.8 Å². The number of aryl methyl sites for hydroxylation is 1. The van der Waals surface area contributed by atoms with Crippen molar-refractivity contribution < 1.29 is 37.1 Å². The van der Waals surface area contributed by atoms with Gasteiger partial charge in [0.15, 0.2) is 0 Å². The van der Waals surface area contributed by atoms with E-state index >= 15 is 0 Å². The number of carbonyl (C=O) groups is 2. The molecule has 0 saturated carbocycles. The Morgan fingerprint density at radius 2 is 1.92 bits per heavy atom. The molecular weight excluding hydrogens is 331 g/mol. The highest BCUT2D eigenvalue weighted by Gasteiger charge is 2.42. The van der Waals surface area contributed by atoms with Crippen LogP contribution in [0.25, 0.3) is 0 Å². The monoisotopic (exact) mass is 351 g/mol. The van der Waals surface area contributed by atoms with Gasteiger partial charge in [0.1, 0.15) is 23.5 Å². The molecule has 0 bridgehead atoms. The Morgan fingerprint density at radius 3 is 2.29 bits per heavy atom. The zero-order valence-corrected chi connectivity index (χ0v) is 13.8. The third kappa shape index (κ3) is 5.86. The molecule has 0 aromatic carbocycles. The van der Waals surface area contributed by atoms with Crippen LogP contribution in [0.15, 0.2) is 10.8 Å². The zero-order chi connectivity index (χ0) is 18.7. The summed E-state index contributed by atoms with van der Waals surface area (Å²) < 4.78 is 47.4. The lowest BCUT2D eigenvalue weighted by Crippen LogP contribution is -2.35. The minimum absolute atomic E-state index is 0.0289. The van der Waals surface area contributed by atoms with Crippen molar-refractivity contribution in [2.24, 2.45) is 5.92 Å². The first-order chi connectivity index (χ1) is 10.8. The second-order valence-electron chi connectivity index (χ2n) is 6.49. The van der Waals surface area contributed by atoms with Crippen LogP contribution in [0.2, 0.25) is 0 Å². The van der Waals surface area contributed by atoms with Crippen molar-refractivity contribution >= 4 is 11.9 Å². The van der Waals surface area contributed by atoms with Gasteiger partial charge in [-0.15, -0.1) is 0 Å². The number of aromatic nitrogens is 1. The van der Waals surface area contributed by atoms with E-state index in [1.54, 1.807) is 20.8 Å². The third-order valence-corrected chi connectivity index (χ3v) is 3.20. The number of hydrogen-bond acceptors (Lipinski definition) is 5. The van der Waals surface area contributed by atoms with E-state index in [4.69, 9.17) is 9.26 Å². The first kappa shape index (κ1) is 20.0. The highest BCUT2D eigenvalue weighted by atomic mass is 19.4. The fourth-order valence-electron chi connectivity index (χ4n) is 2.18. The fourth-order valence-corrected chi connectivity index (χ4v) is 2.18. The Balaban J connectivity index is 3.20. The van der Waals surface area contributed by atoms with Crippen LogP contribution < -0.4 is 0 Å². The Morgan fingerprint density at radius 1 is 1.33 bits per heavy atom. The summed E-state index contributed by atoms with van der Waals surface area (Å²) >= 11 is 0. The van der Waals surface area contributed by atoms with Crippen molar-refractivity contribution in [3.05, 3.63) is 17.5 Å². The van der Waals surface area contributed by atoms with Crippen LogP contribution in [0.3, 0.4) is 0 Å². The molecule has 0 fully saturated rings. The maximum Gasteiger partial charge on any atom is 0.389 e. The summed E-state index contributed by atoms with van der Waals surface area (Å²) in [6.45, 7) is 6.24. The van der Waals surface area contributed by atoms with Crippen LogP contribution in [0.1, 0.15) is 50.8 Å². The van der Waals surface area contributed by atoms with Crippen LogP contribution in [-0.2, 0) is 14.3 Å². The number of hydrogen-bond donors (Lipinski definition) is 1. The summed E-state index contributed by atoms with van der Waals surface area (Å²) in [7, 11) is 0. The normalized spacial score (nSPS) is 15.0. The molecule has 24 heavy (non-hydrogen) atoms. The van der Waals surface area contributed by atoms with Gasteiger partial charge in [-0.05, 0) is 34.1 Å². The average Bonchev–Trinajstić information content (AvgIpc) is 2.76. The van der Waals surface area contributed by atoms with Crippen molar-refractivity contribution in [1.29, 1.82) is 0 Å². The van der Waals surface area contributed by atoms with Crippen molar-refractivity contribution in [3.8, 4) is 0 Å². The lowest BCUT2D eigenvalue weighted by molar-refractivity contribution is -0.165. The molecule has 1 rings (SSSR count). The molecule has 0 saturated heterocycles. The topological polar surface area (TPSA) is 89.6 Å². The van der Waals surface area contributed by atoms with Crippen molar-refractivity contribution in [2.75, 3.05) is 0 Å². The molecule has 0 aliphatic rings. The van der Waals surface area contributed by atoms with Gasteiger partial charge < -0.3 is 14.4 Å². The van der Waals surface area contributed by atoms with Crippen molar-refractivity contribution in [3.63, 3.8) is 0 Å². The molecule has 6 nitrogen and oxygen atoms in total. The number of ether oxygens (including phenoxy) is 1. The molecule has 0 amide bonds. The predicted octanol–water partition coefficient (Wildman–Crippen LogP) is 3.45. The predicted molar refractivity (Wildman–Crippen MR) is 76.2 cm³/mol. The molecule has 1 unspecified atom stereocenters. The second-order valence-corrected chi connectivity index (χ2v) is 6.49. The molecule has 1 aromatic heterocycles. The molecule has 1 aromatic rings. The zero-order valence-electron chi connectivity index (χ0n) is 13.8. The first-order valence-corrected chi connectivity index (χ1v) is 7.25. The van der Waals surface area contributed by atoms with Gasteiger partial charge in [-0.3, -0.25) is 9.59 Å². The van der Waals surface area contributed by atoms with Crippen molar-refractivity contribution in [2.45, 2.75) is 58.2 Å². The van der Waals surface area contributed by atoms with E-state index in [-0.39, 0.29) is 5.69 Å². The summed E-state index contributed by atoms with van der Waals surface area (Å²) in [6.07, 6.45) is -5.45. The van der Waals surface area contributed by atoms with E-state index in [9.17, 15) is 27.9 Å². The van der Waals surface area contributed by atoms with Gasteiger partial charge in [0, 0.05) is 12.0 Å². The lowest BCUT2D eigenvalue weighted by atomic mass is 9.84. The van der Waals surface area contributed by atoms with Gasteiger partial charge in [0.2, 0.25) is 0 Å². The van der Waals surface area contributed by atoms with Gasteiger partial charge in [-0.25, -0.2) is 0 Å². The van der Waals surface area contributed by atoms with Crippen molar-refractivity contribution in [1.82, 2.24) is 5.16 Å². The number of alkyl halides is 3. The summed E-state index contributed by atoms with van der Waals surface area (Å²) in [4.78, 5) is 23.9. The molecule has 136 valence electrons. The lowest BCUT2D eigenvalue weighted by Gasteiger charge is -2.26. The smallest absolute Gasteiger partial charge is 0.389 e. The van der Waals surface area contributed by atoms with Gasteiger partial charge >= 0.3 is 18.1 Å². The molecule has 1 N–H and O–H groups in total. The quantitative estimate of drug-likeness (QED) is 0.790. The summed E-state index contributed by atoms with van der Waals surface area (Å²) in [5.41, 5.74) is -0.594. The Bertz CT molecular complexity index is 589. The molecule has 2 atom stereocenters. The molecule has 0 radical (unpaired) electrons. The minimum atomic E-state index is -4.54. The SMILES string of the molecule is Cc1conc1[C@H](C(=O)OC(C)(C)C)C(CCC(F)(F)F)C(=O)O. The molecule has 9 heteroatoms. The number of aliphatic carboxylic acids is 1. The molecule has 0 aliphatic heterocycles. The largest absolute Gasteiger partial charge is 0.481 e. The number of carboxylic acid groups (broad SMARTS) is 1. The molecule has 0 aliphatic carbocycles. The van der Waals surface area contributed by atoms with E-state index in [1.807, 2.05) is 0 Å². The van der Waals surface area contributed by atoms with Gasteiger partial charge in [0.05, 0.1) is 5.92 Å². The summed E-state index contributed by atoms with van der Waals surface area (Å²) in [5, 5.41) is 12.9. The number of halogens is 3. The third-order valence-electron chi connectivity index (χ3n) is 3.20. The number of carbonyl (C=O) groups excluding carboxylic acids is 1. The maximum atomic E-state index is 12.5. The van der Waals surface area contributed by atoms with E-state index in [0.29, 0.717) is 5.56 Å². The number of rotatable bonds is 6. The molecule has 1 heterocycles. The van der Waals surface area contributed by atoms with Gasteiger partial charge in [-0.2, -0.15) is 13.2 Å². The van der Waals surface area contributed by atoms with Crippen LogP contribution in [0.4, 0.5) is 13.2 Å². The fraction of sp³-hybridized carbons (Fsp3) is 0.667. The second kappa shape index (κ2) is 7.23. The Kier molecular flexibility index (Phi) is 6.02. The van der Waals surface area contributed by atoms with E-state index < -0.39 is 48.4 Å². The van der Waals surface area contributed by atoms with E-state index in [2.05, 4.69) is 5.16 Å². The van der Waals surface area contributed by atoms with Crippen LogP contribution in [-0.4, -0.2) is 34.0 Å². The summed E-state index contributed by atoms with van der Waals surface area (Å²) in [5.74, 6) is -5.60. The van der Waals surface area contributed by atoms with E-state index in [0.717, 1.165) is 0 Å². The number of esters is 1. The minimum Gasteiger partial charge on any atom is -0.481 e. The Hall–Kier alpha value is -2.06. The average molecular weight is 351 g/mol. The highest BCUT2D eigenvalue weighted by Crippen LogP contribution is 2.35. The van der Waals surface area contributed by atoms with Gasteiger partial charge in [-0.1, -0.05) is 5.16 Å². The molecular formula is C15H20F3NO5. The standard InChI is InChI=1S/C15H20F3NO5/c1-8-7-23-19-11(8)10(13(22)24-14(2,3)4)9(12(20)21)5-6-15(16,17)18/h7,9-10H,5-6H2,1-4H3,(H,20,21)/t9?,10-/m1/s1. The number of carboxylic acids is 1. The Labute approximate surface area is 137 Å². The van der Waals surface area contributed by atoms with Gasteiger partial charge in [0.25, 0.3) is 0 Å². The highest BCUT2D eigenvalue weighted by molar-refractivity contribution is 5.85. The number of nitrogens with zero attached hydrogens (tertiary/aromatic N) is 1. The molecule has 0 spiro atoms. The van der Waals surface area contributed by atoms with Crippen LogP contribution in [0.5, 0.6) is 0 Å². The van der Waals surface area contributed by atoms with E-state index in [1.165, 1.54) is 13.2 Å². The first-order valence-electron chi connectivity index (χ1n) is 7.25. The maximum absolute atomic E-state index is 12.5. The summed E-state index contributed by atoms with van der Waals surface area (Å²) in [6, 6.07) is 0. The van der Waals surface area contributed by atoms with Crippen LogP contribution >= 0.6 is 0 Å².